The molecular weight excluding hydrogens is 190 g/mol. The molecule has 2 aliphatic rings. The van der Waals surface area contributed by atoms with Gasteiger partial charge in [-0.1, -0.05) is 6.42 Å². The number of likely N-dealkylation sites (N-methyl/N-ethyl adjacent to an activating group) is 1. The zero-order valence-electron chi connectivity index (χ0n) is 9.54. The summed E-state index contributed by atoms with van der Waals surface area (Å²) in [5.41, 5.74) is 0. The summed E-state index contributed by atoms with van der Waals surface area (Å²) in [4.78, 5) is 16.1. The molecule has 86 valence electrons. The van der Waals surface area contributed by atoms with Crippen LogP contribution in [0.25, 0.3) is 0 Å². The van der Waals surface area contributed by atoms with E-state index in [-0.39, 0.29) is 5.91 Å². The van der Waals surface area contributed by atoms with Crippen LogP contribution < -0.4 is 5.32 Å². The number of nitrogens with zero attached hydrogens (tertiary/aromatic N) is 2. The predicted molar refractivity (Wildman–Crippen MR) is 59.7 cm³/mol. The van der Waals surface area contributed by atoms with Crippen molar-refractivity contribution in [1.82, 2.24) is 15.1 Å². The third-order valence-electron chi connectivity index (χ3n) is 3.59. The smallest absolute Gasteiger partial charge is 0.236 e. The Morgan fingerprint density at radius 3 is 2.40 bits per heavy atom. The second-order valence-corrected chi connectivity index (χ2v) is 4.53. The lowest BCUT2D eigenvalue weighted by Gasteiger charge is -2.42. The molecule has 1 saturated carbocycles. The fourth-order valence-corrected chi connectivity index (χ4v) is 2.35. The van der Waals surface area contributed by atoms with E-state index in [1.54, 1.807) is 0 Å². The van der Waals surface area contributed by atoms with Gasteiger partial charge in [-0.05, 0) is 19.9 Å². The molecule has 0 aromatic heterocycles. The first-order valence-electron chi connectivity index (χ1n) is 5.97. The molecule has 1 aliphatic carbocycles. The van der Waals surface area contributed by atoms with Crippen LogP contribution >= 0.6 is 0 Å². The lowest BCUT2D eigenvalue weighted by Crippen LogP contribution is -2.54. The lowest BCUT2D eigenvalue weighted by atomic mass is 9.91. The molecule has 0 aromatic rings. The molecule has 0 unspecified atom stereocenters. The van der Waals surface area contributed by atoms with E-state index in [0.717, 1.165) is 32.2 Å². The van der Waals surface area contributed by atoms with Crippen molar-refractivity contribution in [3.63, 3.8) is 0 Å². The van der Waals surface area contributed by atoms with Gasteiger partial charge in [-0.15, -0.1) is 0 Å². The highest BCUT2D eigenvalue weighted by Crippen LogP contribution is 2.25. The van der Waals surface area contributed by atoms with Crippen molar-refractivity contribution >= 4 is 5.91 Å². The fourth-order valence-electron chi connectivity index (χ4n) is 2.35. The highest BCUT2D eigenvalue weighted by molar-refractivity contribution is 5.78. The number of hydrogen-bond donors (Lipinski definition) is 1. The second kappa shape index (κ2) is 4.94. The number of piperazine rings is 1. The average molecular weight is 211 g/mol. The van der Waals surface area contributed by atoms with Crippen molar-refractivity contribution in [3.05, 3.63) is 0 Å². The summed E-state index contributed by atoms with van der Waals surface area (Å²) < 4.78 is 0. The molecule has 2 rings (SSSR count). The number of hydrogen-bond acceptors (Lipinski definition) is 3. The molecule has 0 aromatic carbocycles. The van der Waals surface area contributed by atoms with Crippen LogP contribution in [-0.2, 0) is 4.79 Å². The molecule has 0 radical (unpaired) electrons. The van der Waals surface area contributed by atoms with E-state index in [1.807, 2.05) is 11.9 Å². The zero-order valence-corrected chi connectivity index (χ0v) is 9.54. The molecule has 4 nitrogen and oxygen atoms in total. The van der Waals surface area contributed by atoms with Gasteiger partial charge >= 0.3 is 0 Å². The average Bonchev–Trinajstić information content (AvgIpc) is 2.16. The van der Waals surface area contributed by atoms with Crippen LogP contribution in [0.15, 0.2) is 0 Å². The van der Waals surface area contributed by atoms with Crippen LogP contribution in [0.1, 0.15) is 19.3 Å². The van der Waals surface area contributed by atoms with E-state index in [9.17, 15) is 4.79 Å². The topological polar surface area (TPSA) is 35.6 Å². The minimum absolute atomic E-state index is 0.241. The minimum Gasteiger partial charge on any atom is -0.339 e. The maximum atomic E-state index is 11.6. The van der Waals surface area contributed by atoms with Gasteiger partial charge in [0.25, 0.3) is 0 Å². The van der Waals surface area contributed by atoms with Gasteiger partial charge in [-0.3, -0.25) is 9.69 Å². The summed E-state index contributed by atoms with van der Waals surface area (Å²) in [6.45, 7) is 4.44. The van der Waals surface area contributed by atoms with E-state index in [1.165, 1.54) is 19.3 Å². The van der Waals surface area contributed by atoms with Gasteiger partial charge in [0, 0.05) is 32.2 Å². The minimum atomic E-state index is 0.241. The summed E-state index contributed by atoms with van der Waals surface area (Å²) in [6.07, 6.45) is 4.12. The third-order valence-corrected chi connectivity index (χ3v) is 3.59. The van der Waals surface area contributed by atoms with Gasteiger partial charge in [0.15, 0.2) is 0 Å². The van der Waals surface area contributed by atoms with Gasteiger partial charge < -0.3 is 10.2 Å². The van der Waals surface area contributed by atoms with E-state index in [2.05, 4.69) is 10.2 Å². The Hall–Kier alpha value is -0.610. The monoisotopic (exact) mass is 211 g/mol. The van der Waals surface area contributed by atoms with Crippen molar-refractivity contribution in [3.8, 4) is 0 Å². The first-order valence-corrected chi connectivity index (χ1v) is 5.97. The molecule has 4 heteroatoms. The van der Waals surface area contributed by atoms with Crippen molar-refractivity contribution in [1.29, 1.82) is 0 Å². The normalized spacial score (nSPS) is 23.9. The highest BCUT2D eigenvalue weighted by atomic mass is 16.2. The van der Waals surface area contributed by atoms with E-state index in [4.69, 9.17) is 0 Å². The zero-order chi connectivity index (χ0) is 10.7. The van der Waals surface area contributed by atoms with Gasteiger partial charge in [0.1, 0.15) is 0 Å². The molecular formula is C11H21N3O. The van der Waals surface area contributed by atoms with Crippen LogP contribution in [0.2, 0.25) is 0 Å². The first-order chi connectivity index (χ1) is 7.31. The molecule has 1 saturated heterocycles. The molecule has 15 heavy (non-hydrogen) atoms. The summed E-state index contributed by atoms with van der Waals surface area (Å²) >= 11 is 0. The van der Waals surface area contributed by atoms with Gasteiger partial charge in [-0.25, -0.2) is 0 Å². The summed E-state index contributed by atoms with van der Waals surface area (Å²) in [5, 5.41) is 2.92. The molecule has 0 atom stereocenters. The molecule has 0 bridgehead atoms. The lowest BCUT2D eigenvalue weighted by molar-refractivity contribution is -0.132. The molecule has 1 amide bonds. The van der Waals surface area contributed by atoms with E-state index >= 15 is 0 Å². The Morgan fingerprint density at radius 2 is 1.93 bits per heavy atom. The molecule has 2 fully saturated rings. The molecule has 1 heterocycles. The summed E-state index contributed by atoms with van der Waals surface area (Å²) in [6, 6.07) is 0.826. The van der Waals surface area contributed by atoms with Crippen LogP contribution in [-0.4, -0.2) is 61.5 Å². The van der Waals surface area contributed by atoms with Crippen molar-refractivity contribution in [2.75, 3.05) is 39.8 Å². The maximum Gasteiger partial charge on any atom is 0.236 e. The number of amides is 1. The van der Waals surface area contributed by atoms with Gasteiger partial charge in [-0.2, -0.15) is 0 Å². The van der Waals surface area contributed by atoms with E-state index in [0.29, 0.717) is 6.54 Å². The number of nitrogens with one attached hydrogen (secondary N) is 1. The van der Waals surface area contributed by atoms with Crippen LogP contribution in [0.3, 0.4) is 0 Å². The maximum absolute atomic E-state index is 11.6. The van der Waals surface area contributed by atoms with Gasteiger partial charge in [0.05, 0.1) is 6.54 Å². The molecule has 1 N–H and O–H groups in total. The Labute approximate surface area is 91.6 Å². The quantitative estimate of drug-likeness (QED) is 0.708. The third kappa shape index (κ3) is 2.49. The number of carbonyl (C=O) groups excluding carboxylic acids is 1. The Kier molecular flexibility index (Phi) is 3.59. The fraction of sp³-hybridized carbons (Fsp3) is 0.909. The van der Waals surface area contributed by atoms with Crippen molar-refractivity contribution in [2.45, 2.75) is 25.3 Å². The first kappa shape index (κ1) is 10.9. The van der Waals surface area contributed by atoms with Crippen LogP contribution in [0, 0.1) is 0 Å². The second-order valence-electron chi connectivity index (χ2n) is 4.53. The molecule has 1 aliphatic heterocycles. The Morgan fingerprint density at radius 1 is 1.27 bits per heavy atom. The Balaban J connectivity index is 1.73. The summed E-state index contributed by atoms with van der Waals surface area (Å²) in [5.74, 6) is 0.241. The van der Waals surface area contributed by atoms with E-state index < -0.39 is 0 Å². The largest absolute Gasteiger partial charge is 0.339 e. The van der Waals surface area contributed by atoms with Crippen molar-refractivity contribution < 1.29 is 4.79 Å². The van der Waals surface area contributed by atoms with Crippen LogP contribution in [0.4, 0.5) is 0 Å². The number of carbonyl (C=O) groups is 1. The predicted octanol–water partition coefficient (Wildman–Crippen LogP) is -0.0975. The number of rotatable bonds is 3. The Bertz CT molecular complexity index is 220. The molecule has 0 spiro atoms. The summed E-state index contributed by atoms with van der Waals surface area (Å²) in [7, 11) is 1.82. The standard InChI is InChI=1S/C11H21N3O/c1-12-9-11(15)14-7-5-13(6-8-14)10-3-2-4-10/h10,12H,2-9H2,1H3. The van der Waals surface area contributed by atoms with Crippen molar-refractivity contribution in [2.24, 2.45) is 0 Å². The van der Waals surface area contributed by atoms with Crippen LogP contribution in [0.5, 0.6) is 0 Å². The SMILES string of the molecule is CNCC(=O)N1CCN(C2CCC2)CC1. The highest BCUT2D eigenvalue weighted by Gasteiger charge is 2.28. The van der Waals surface area contributed by atoms with Gasteiger partial charge in [0.2, 0.25) is 5.91 Å².